The average molecular weight is 314 g/mol. The van der Waals surface area contributed by atoms with Crippen molar-refractivity contribution in [3.05, 3.63) is 42.0 Å². The van der Waals surface area contributed by atoms with Crippen LogP contribution in [0, 0.1) is 0 Å². The van der Waals surface area contributed by atoms with Crippen molar-refractivity contribution in [2.45, 2.75) is 19.3 Å². The number of imidazole rings is 1. The number of aromatic amines is 1. The third-order valence-corrected chi connectivity index (χ3v) is 3.62. The fourth-order valence-electron chi connectivity index (χ4n) is 2.40. The molecule has 3 N–H and O–H groups in total. The maximum Gasteiger partial charge on any atom is 0.257 e. The summed E-state index contributed by atoms with van der Waals surface area (Å²) in [5, 5.41) is 5.59. The van der Waals surface area contributed by atoms with E-state index in [1.54, 1.807) is 18.6 Å². The molecule has 0 spiro atoms. The lowest BCUT2D eigenvalue weighted by atomic mass is 10.0. The molecule has 3 rings (SSSR count). The smallest absolute Gasteiger partial charge is 0.257 e. The molecule has 0 unspecified atom stereocenters. The summed E-state index contributed by atoms with van der Waals surface area (Å²) in [5.41, 5.74) is 2.82. The first-order valence-electron chi connectivity index (χ1n) is 7.50. The number of ether oxygens (including phenoxy) is 1. The van der Waals surface area contributed by atoms with Gasteiger partial charge in [0.05, 0.1) is 6.33 Å². The normalized spacial score (nSPS) is 13.1. The summed E-state index contributed by atoms with van der Waals surface area (Å²) in [6, 6.07) is 5.48. The molecule has 0 fully saturated rings. The fourth-order valence-corrected chi connectivity index (χ4v) is 2.40. The zero-order chi connectivity index (χ0) is 16.1. The zero-order valence-corrected chi connectivity index (χ0v) is 12.6. The molecule has 1 aliphatic rings. The number of carbonyl (C=O) groups excluding carboxylic acids is 2. The van der Waals surface area contributed by atoms with Gasteiger partial charge in [0.2, 0.25) is 5.91 Å². The monoisotopic (exact) mass is 314 g/mol. The van der Waals surface area contributed by atoms with Crippen molar-refractivity contribution in [1.29, 1.82) is 0 Å². The van der Waals surface area contributed by atoms with E-state index in [1.165, 1.54) is 0 Å². The number of anilines is 1. The van der Waals surface area contributed by atoms with Gasteiger partial charge in [0.1, 0.15) is 5.75 Å². The van der Waals surface area contributed by atoms with E-state index in [9.17, 15) is 9.59 Å². The maximum atomic E-state index is 11.8. The highest BCUT2D eigenvalue weighted by atomic mass is 16.5. The van der Waals surface area contributed by atoms with E-state index in [2.05, 4.69) is 20.6 Å². The highest BCUT2D eigenvalue weighted by Gasteiger charge is 2.15. The summed E-state index contributed by atoms with van der Waals surface area (Å²) >= 11 is 0. The van der Waals surface area contributed by atoms with Gasteiger partial charge in [-0.3, -0.25) is 9.59 Å². The Labute approximate surface area is 133 Å². The first kappa shape index (κ1) is 15.1. The van der Waals surface area contributed by atoms with Crippen LogP contribution < -0.4 is 15.4 Å². The summed E-state index contributed by atoms with van der Waals surface area (Å²) < 4.78 is 5.47. The molecule has 0 bridgehead atoms. The van der Waals surface area contributed by atoms with E-state index in [0.29, 0.717) is 25.1 Å². The van der Waals surface area contributed by atoms with Crippen LogP contribution >= 0.6 is 0 Å². The molecular weight excluding hydrogens is 296 g/mol. The number of hydrogen-bond donors (Lipinski definition) is 3. The topological polar surface area (TPSA) is 96.1 Å². The number of nitrogens with one attached hydrogen (secondary N) is 3. The van der Waals surface area contributed by atoms with Crippen LogP contribution in [0.25, 0.3) is 0 Å². The van der Waals surface area contributed by atoms with E-state index in [4.69, 9.17) is 4.74 Å². The van der Waals surface area contributed by atoms with Crippen molar-refractivity contribution >= 4 is 17.5 Å². The van der Waals surface area contributed by atoms with Crippen LogP contribution in [-0.4, -0.2) is 34.9 Å². The number of benzene rings is 1. The van der Waals surface area contributed by atoms with Crippen LogP contribution in [0.3, 0.4) is 0 Å². The standard InChI is InChI=1S/C16H18N4O3/c21-15-4-2-11-1-3-13(7-14(11)20-15)23-9-16(22)18-6-5-12-8-17-10-19-12/h1,3,7-8,10H,2,4-6,9H2,(H,17,19)(H,18,22)(H,20,21). The summed E-state index contributed by atoms with van der Waals surface area (Å²) in [7, 11) is 0. The van der Waals surface area contributed by atoms with E-state index in [0.717, 1.165) is 23.4 Å². The lowest BCUT2D eigenvalue weighted by Crippen LogP contribution is -2.30. The van der Waals surface area contributed by atoms with Gasteiger partial charge in [-0.1, -0.05) is 6.07 Å². The summed E-state index contributed by atoms with van der Waals surface area (Å²) in [6.45, 7) is 0.459. The van der Waals surface area contributed by atoms with Gasteiger partial charge in [0.25, 0.3) is 5.91 Å². The number of aromatic nitrogens is 2. The molecule has 1 aromatic heterocycles. The number of nitrogens with zero attached hydrogens (tertiary/aromatic N) is 1. The highest BCUT2D eigenvalue weighted by molar-refractivity contribution is 5.94. The molecule has 2 heterocycles. The van der Waals surface area contributed by atoms with Gasteiger partial charge < -0.3 is 20.4 Å². The van der Waals surface area contributed by atoms with Gasteiger partial charge in [0, 0.05) is 43.0 Å². The van der Waals surface area contributed by atoms with Crippen molar-refractivity contribution in [2.24, 2.45) is 0 Å². The van der Waals surface area contributed by atoms with Crippen molar-refractivity contribution in [3.8, 4) is 5.75 Å². The number of aryl methyl sites for hydroxylation is 1. The van der Waals surface area contributed by atoms with Crippen molar-refractivity contribution < 1.29 is 14.3 Å². The first-order valence-corrected chi connectivity index (χ1v) is 7.50. The number of fused-ring (bicyclic) bond motifs is 1. The predicted molar refractivity (Wildman–Crippen MR) is 84.2 cm³/mol. The number of H-pyrrole nitrogens is 1. The van der Waals surface area contributed by atoms with Crippen LogP contribution in [0.2, 0.25) is 0 Å². The molecule has 7 nitrogen and oxygen atoms in total. The molecule has 2 amide bonds. The lowest BCUT2D eigenvalue weighted by Gasteiger charge is -2.17. The van der Waals surface area contributed by atoms with Gasteiger partial charge in [-0.25, -0.2) is 4.98 Å². The Hall–Kier alpha value is -2.83. The van der Waals surface area contributed by atoms with E-state index < -0.39 is 0 Å². The molecule has 0 atom stereocenters. The molecule has 1 aliphatic heterocycles. The molecule has 0 aliphatic carbocycles. The van der Waals surface area contributed by atoms with Crippen molar-refractivity contribution in [3.63, 3.8) is 0 Å². The summed E-state index contributed by atoms with van der Waals surface area (Å²) in [6.07, 6.45) is 5.26. The molecule has 2 aromatic rings. The maximum absolute atomic E-state index is 11.8. The molecule has 7 heteroatoms. The summed E-state index contributed by atoms with van der Waals surface area (Å²) in [4.78, 5) is 30.0. The second kappa shape index (κ2) is 6.95. The Morgan fingerprint density at radius 1 is 1.35 bits per heavy atom. The van der Waals surface area contributed by atoms with E-state index in [-0.39, 0.29) is 18.4 Å². The minimum absolute atomic E-state index is 0.00574. The lowest BCUT2D eigenvalue weighted by molar-refractivity contribution is -0.123. The minimum atomic E-state index is -0.189. The summed E-state index contributed by atoms with van der Waals surface area (Å²) in [5.74, 6) is 0.382. The molecule has 0 saturated heterocycles. The van der Waals surface area contributed by atoms with Crippen molar-refractivity contribution in [2.75, 3.05) is 18.5 Å². The first-order chi connectivity index (χ1) is 11.2. The molecule has 0 radical (unpaired) electrons. The van der Waals surface area contributed by atoms with Gasteiger partial charge >= 0.3 is 0 Å². The van der Waals surface area contributed by atoms with Crippen LogP contribution in [-0.2, 0) is 22.4 Å². The van der Waals surface area contributed by atoms with Gasteiger partial charge in [-0.15, -0.1) is 0 Å². The van der Waals surface area contributed by atoms with Gasteiger partial charge in [0.15, 0.2) is 6.61 Å². The Balaban J connectivity index is 1.45. The third-order valence-electron chi connectivity index (χ3n) is 3.62. The van der Waals surface area contributed by atoms with Crippen molar-refractivity contribution in [1.82, 2.24) is 15.3 Å². The number of hydrogen-bond acceptors (Lipinski definition) is 4. The quantitative estimate of drug-likeness (QED) is 0.742. The van der Waals surface area contributed by atoms with Gasteiger partial charge in [-0.05, 0) is 18.1 Å². The van der Waals surface area contributed by atoms with Crippen LogP contribution in [0.1, 0.15) is 17.7 Å². The molecule has 0 saturated carbocycles. The highest BCUT2D eigenvalue weighted by Crippen LogP contribution is 2.26. The van der Waals surface area contributed by atoms with Crippen LogP contribution in [0.15, 0.2) is 30.7 Å². The second-order valence-corrected chi connectivity index (χ2v) is 5.33. The minimum Gasteiger partial charge on any atom is -0.484 e. The average Bonchev–Trinajstić information content (AvgIpc) is 3.06. The van der Waals surface area contributed by atoms with Crippen LogP contribution in [0.5, 0.6) is 5.75 Å². The van der Waals surface area contributed by atoms with E-state index >= 15 is 0 Å². The number of rotatable bonds is 6. The Kier molecular flexibility index (Phi) is 4.56. The second-order valence-electron chi connectivity index (χ2n) is 5.33. The number of amides is 2. The van der Waals surface area contributed by atoms with E-state index in [1.807, 2.05) is 12.1 Å². The molecule has 120 valence electrons. The SMILES string of the molecule is O=C(COc1ccc2c(c1)NC(=O)CC2)NCCc1cnc[nH]1. The largest absolute Gasteiger partial charge is 0.484 e. The number of carbonyl (C=O) groups is 2. The Bertz CT molecular complexity index is 697. The van der Waals surface area contributed by atoms with Crippen LogP contribution in [0.4, 0.5) is 5.69 Å². The Morgan fingerprint density at radius 2 is 2.26 bits per heavy atom. The molecule has 1 aromatic carbocycles. The fraction of sp³-hybridized carbons (Fsp3) is 0.312. The Morgan fingerprint density at radius 3 is 3.09 bits per heavy atom. The third kappa shape index (κ3) is 4.09. The molecule has 23 heavy (non-hydrogen) atoms. The molecular formula is C16H18N4O3. The predicted octanol–water partition coefficient (Wildman–Crippen LogP) is 1.03. The van der Waals surface area contributed by atoms with Gasteiger partial charge in [-0.2, -0.15) is 0 Å². The zero-order valence-electron chi connectivity index (χ0n) is 12.6.